The van der Waals surface area contributed by atoms with Crippen molar-refractivity contribution in [3.63, 3.8) is 0 Å². The van der Waals surface area contributed by atoms with Gasteiger partial charge in [0.2, 0.25) is 15.9 Å². The average molecular weight is 352 g/mol. The van der Waals surface area contributed by atoms with E-state index >= 15 is 0 Å². The van der Waals surface area contributed by atoms with E-state index in [2.05, 4.69) is 14.9 Å². The summed E-state index contributed by atoms with van der Waals surface area (Å²) in [6, 6.07) is 2.64. The summed E-state index contributed by atoms with van der Waals surface area (Å²) in [6.45, 7) is -0.388. The van der Waals surface area contributed by atoms with Crippen molar-refractivity contribution in [2.45, 2.75) is 17.9 Å². The van der Waals surface area contributed by atoms with E-state index in [1.165, 1.54) is 18.5 Å². The number of nitrogens with one attached hydrogen (secondary N) is 1. The van der Waals surface area contributed by atoms with E-state index in [4.69, 9.17) is 27.7 Å². The van der Waals surface area contributed by atoms with Crippen molar-refractivity contribution in [1.82, 2.24) is 14.9 Å². The van der Waals surface area contributed by atoms with Gasteiger partial charge < -0.3 is 9.63 Å². The van der Waals surface area contributed by atoms with E-state index in [0.29, 0.717) is 5.89 Å². The number of sulfonamides is 1. The molecule has 7 nitrogen and oxygen atoms in total. The van der Waals surface area contributed by atoms with Gasteiger partial charge in [-0.3, -0.25) is 0 Å². The molecular formula is C11H11Cl2N3O4S. The van der Waals surface area contributed by atoms with E-state index in [1.54, 1.807) is 0 Å². The van der Waals surface area contributed by atoms with E-state index in [0.717, 1.165) is 0 Å². The van der Waals surface area contributed by atoms with Crippen molar-refractivity contribution in [2.24, 2.45) is 0 Å². The van der Waals surface area contributed by atoms with Crippen molar-refractivity contribution in [2.75, 3.05) is 6.54 Å². The van der Waals surface area contributed by atoms with Crippen LogP contribution in [0.3, 0.4) is 0 Å². The topological polar surface area (TPSA) is 105 Å². The van der Waals surface area contributed by atoms with Gasteiger partial charge in [0.05, 0.1) is 11.6 Å². The molecule has 0 saturated carbocycles. The second-order valence-electron chi connectivity index (χ2n) is 3.98. The molecule has 0 radical (unpaired) electrons. The predicted molar refractivity (Wildman–Crippen MR) is 75.6 cm³/mol. The van der Waals surface area contributed by atoms with Gasteiger partial charge in [-0.15, -0.1) is 0 Å². The molecule has 0 aliphatic heterocycles. The molecular weight excluding hydrogens is 341 g/mol. The third kappa shape index (κ3) is 3.72. The number of aliphatic hydroxyl groups is 1. The van der Waals surface area contributed by atoms with Gasteiger partial charge >= 0.3 is 0 Å². The molecule has 0 aliphatic rings. The van der Waals surface area contributed by atoms with Gasteiger partial charge in [0.15, 0.2) is 6.33 Å². The summed E-state index contributed by atoms with van der Waals surface area (Å²) in [5, 5.41) is 12.7. The standard InChI is InChI=1S/C11H11Cl2N3O4S/c12-8-1-2-9(11(13)7(8)5-17)21(18,19)16-4-3-10-14-6-15-20-10/h1-2,6,16-17H,3-5H2. The minimum Gasteiger partial charge on any atom is -0.392 e. The van der Waals surface area contributed by atoms with Crippen LogP contribution in [-0.4, -0.2) is 30.2 Å². The van der Waals surface area contributed by atoms with Crippen molar-refractivity contribution >= 4 is 33.2 Å². The molecule has 2 N–H and O–H groups in total. The van der Waals surface area contributed by atoms with Crippen LogP contribution in [-0.2, 0) is 23.1 Å². The van der Waals surface area contributed by atoms with Gasteiger partial charge in [0, 0.05) is 23.6 Å². The Labute approximate surface area is 130 Å². The summed E-state index contributed by atoms with van der Waals surface area (Å²) in [4.78, 5) is 3.63. The van der Waals surface area contributed by atoms with Crippen LogP contribution in [0.15, 0.2) is 27.9 Å². The summed E-state index contributed by atoms with van der Waals surface area (Å²) >= 11 is 11.8. The molecule has 0 unspecified atom stereocenters. The highest BCUT2D eigenvalue weighted by atomic mass is 35.5. The smallest absolute Gasteiger partial charge is 0.242 e. The first-order valence-corrected chi connectivity index (χ1v) is 8.02. The number of rotatable bonds is 6. The van der Waals surface area contributed by atoms with Crippen LogP contribution < -0.4 is 4.72 Å². The molecule has 1 aromatic carbocycles. The first-order chi connectivity index (χ1) is 9.95. The molecule has 21 heavy (non-hydrogen) atoms. The largest absolute Gasteiger partial charge is 0.392 e. The quantitative estimate of drug-likeness (QED) is 0.814. The third-order valence-corrected chi connectivity index (χ3v) is 5.04. The van der Waals surface area contributed by atoms with E-state index in [9.17, 15) is 13.5 Å². The van der Waals surface area contributed by atoms with Crippen molar-refractivity contribution in [1.29, 1.82) is 0 Å². The lowest BCUT2D eigenvalue weighted by atomic mass is 10.2. The molecule has 0 atom stereocenters. The highest BCUT2D eigenvalue weighted by Gasteiger charge is 2.21. The SMILES string of the molecule is O=S(=O)(NCCc1ncno1)c1ccc(Cl)c(CO)c1Cl. The molecule has 10 heteroatoms. The summed E-state index contributed by atoms with van der Waals surface area (Å²) in [6.07, 6.45) is 1.48. The first kappa shape index (κ1) is 16.2. The van der Waals surface area contributed by atoms with Gasteiger partial charge in [-0.2, -0.15) is 4.98 Å². The summed E-state index contributed by atoms with van der Waals surface area (Å²) < 4.78 is 31.5. The number of benzene rings is 1. The van der Waals surface area contributed by atoms with Crippen LogP contribution >= 0.6 is 23.2 Å². The Hall–Kier alpha value is -1.19. The molecule has 0 amide bonds. The molecule has 0 fully saturated rings. The highest BCUT2D eigenvalue weighted by molar-refractivity contribution is 7.89. The molecule has 0 bridgehead atoms. The highest BCUT2D eigenvalue weighted by Crippen LogP contribution is 2.30. The number of hydrogen-bond acceptors (Lipinski definition) is 6. The van der Waals surface area contributed by atoms with Crippen molar-refractivity contribution in [3.8, 4) is 0 Å². The van der Waals surface area contributed by atoms with Gasteiger partial charge in [0.25, 0.3) is 0 Å². The van der Waals surface area contributed by atoms with E-state index in [-0.39, 0.29) is 33.5 Å². The maximum Gasteiger partial charge on any atom is 0.242 e. The molecule has 0 aliphatic carbocycles. The van der Waals surface area contributed by atoms with E-state index < -0.39 is 16.6 Å². The fourth-order valence-electron chi connectivity index (χ4n) is 1.60. The van der Waals surface area contributed by atoms with E-state index in [1.807, 2.05) is 0 Å². The summed E-state index contributed by atoms with van der Waals surface area (Å²) in [5.41, 5.74) is 0.165. The van der Waals surface area contributed by atoms with Gasteiger partial charge in [0.1, 0.15) is 4.90 Å². The van der Waals surface area contributed by atoms with Crippen molar-refractivity contribution in [3.05, 3.63) is 40.0 Å². The van der Waals surface area contributed by atoms with Crippen molar-refractivity contribution < 1.29 is 18.0 Å². The maximum atomic E-state index is 12.2. The zero-order chi connectivity index (χ0) is 15.5. The zero-order valence-corrected chi connectivity index (χ0v) is 12.9. The fraction of sp³-hybridized carbons (Fsp3) is 0.273. The number of aliphatic hydroxyl groups excluding tert-OH is 1. The Bertz CT molecular complexity index is 719. The number of aromatic nitrogens is 2. The summed E-state index contributed by atoms with van der Waals surface area (Å²) in [5.74, 6) is 0.316. The Balaban J connectivity index is 2.16. The minimum absolute atomic E-state index is 0.0674. The van der Waals surface area contributed by atoms with Gasteiger partial charge in [-0.05, 0) is 12.1 Å². The third-order valence-electron chi connectivity index (χ3n) is 2.64. The Kier molecular flexibility index (Phi) is 5.17. The van der Waals surface area contributed by atoms with Crippen LogP contribution in [0.25, 0.3) is 0 Å². The van der Waals surface area contributed by atoms with Crippen LogP contribution in [0, 0.1) is 0 Å². The lowest BCUT2D eigenvalue weighted by molar-refractivity contribution is 0.281. The van der Waals surface area contributed by atoms with Crippen LogP contribution in [0.1, 0.15) is 11.5 Å². The monoisotopic (exact) mass is 351 g/mol. The Morgan fingerprint density at radius 3 is 2.71 bits per heavy atom. The van der Waals surface area contributed by atoms with Crippen LogP contribution in [0.5, 0.6) is 0 Å². The Morgan fingerprint density at radius 2 is 2.10 bits per heavy atom. The fourth-order valence-corrected chi connectivity index (χ4v) is 3.53. The van der Waals surface area contributed by atoms with Crippen LogP contribution in [0.4, 0.5) is 0 Å². The molecule has 114 valence electrons. The zero-order valence-electron chi connectivity index (χ0n) is 10.6. The lowest BCUT2D eigenvalue weighted by Crippen LogP contribution is -2.26. The first-order valence-electron chi connectivity index (χ1n) is 5.78. The lowest BCUT2D eigenvalue weighted by Gasteiger charge is -2.11. The number of halogens is 2. The second-order valence-corrected chi connectivity index (χ2v) is 6.50. The second kappa shape index (κ2) is 6.71. The molecule has 0 saturated heterocycles. The van der Waals surface area contributed by atoms with Crippen LogP contribution in [0.2, 0.25) is 10.0 Å². The number of hydrogen-bond donors (Lipinski definition) is 2. The summed E-state index contributed by atoms with van der Waals surface area (Å²) in [7, 11) is -3.84. The number of nitrogens with zero attached hydrogens (tertiary/aromatic N) is 2. The predicted octanol–water partition coefficient (Wildman–Crippen LogP) is 1.39. The van der Waals surface area contributed by atoms with Gasteiger partial charge in [-0.25, -0.2) is 13.1 Å². The van der Waals surface area contributed by atoms with Gasteiger partial charge in [-0.1, -0.05) is 28.4 Å². The molecule has 0 spiro atoms. The maximum absolute atomic E-state index is 12.2. The molecule has 1 aromatic heterocycles. The normalized spacial score (nSPS) is 11.8. The molecule has 2 aromatic rings. The minimum atomic E-state index is -3.84. The molecule has 2 rings (SSSR count). The Morgan fingerprint density at radius 1 is 1.33 bits per heavy atom. The average Bonchev–Trinajstić information content (AvgIpc) is 2.92. The molecule has 1 heterocycles.